The van der Waals surface area contributed by atoms with Gasteiger partial charge in [0.1, 0.15) is 0 Å². The molecule has 0 amide bonds. The average Bonchev–Trinajstić information content (AvgIpc) is 2.37. The van der Waals surface area contributed by atoms with Crippen LogP contribution in [0.5, 0.6) is 0 Å². The summed E-state index contributed by atoms with van der Waals surface area (Å²) in [5, 5.41) is 0. The predicted molar refractivity (Wildman–Crippen MR) is 55.1 cm³/mol. The lowest BCUT2D eigenvalue weighted by atomic mass is 9.84. The lowest BCUT2D eigenvalue weighted by Gasteiger charge is -2.22. The van der Waals surface area contributed by atoms with Crippen LogP contribution >= 0.6 is 0 Å². The van der Waals surface area contributed by atoms with Crippen molar-refractivity contribution in [3.63, 3.8) is 0 Å². The summed E-state index contributed by atoms with van der Waals surface area (Å²) in [5.74, 6) is 2.02. The summed E-state index contributed by atoms with van der Waals surface area (Å²) in [4.78, 5) is 0. The van der Waals surface area contributed by atoms with Gasteiger partial charge in [-0.05, 0) is 35.5 Å². The molecule has 1 fully saturated rings. The summed E-state index contributed by atoms with van der Waals surface area (Å²) in [6, 6.07) is 0. The molecule has 0 heteroatoms. The molecule has 2 unspecified atom stereocenters. The zero-order chi connectivity index (χ0) is 9.57. The topological polar surface area (TPSA) is 0 Å². The Labute approximate surface area is 77.7 Å². The number of hydrogen-bond donors (Lipinski definition) is 0. The Morgan fingerprint density at radius 3 is 1.75 bits per heavy atom. The van der Waals surface area contributed by atoms with E-state index < -0.39 is 0 Å². The van der Waals surface area contributed by atoms with E-state index in [2.05, 4.69) is 41.5 Å². The molecule has 0 aromatic heterocycles. The van der Waals surface area contributed by atoms with Crippen molar-refractivity contribution < 1.29 is 0 Å². The second kappa shape index (κ2) is 2.75. The van der Waals surface area contributed by atoms with E-state index in [4.69, 9.17) is 0 Å². The van der Waals surface area contributed by atoms with Crippen LogP contribution < -0.4 is 0 Å². The van der Waals surface area contributed by atoms with Gasteiger partial charge in [0, 0.05) is 0 Å². The van der Waals surface area contributed by atoms with Crippen LogP contribution in [0.2, 0.25) is 0 Å². The highest BCUT2D eigenvalue weighted by Gasteiger charge is 2.45. The first-order valence-electron chi connectivity index (χ1n) is 5.20. The molecule has 72 valence electrons. The van der Waals surface area contributed by atoms with E-state index in [1.54, 1.807) is 0 Å². The predicted octanol–water partition coefficient (Wildman–Crippen LogP) is 4.10. The van der Waals surface area contributed by atoms with Gasteiger partial charge in [0.05, 0.1) is 0 Å². The fourth-order valence-electron chi connectivity index (χ4n) is 2.32. The van der Waals surface area contributed by atoms with Crippen molar-refractivity contribution >= 4 is 0 Å². The monoisotopic (exact) mass is 168 g/mol. The van der Waals surface area contributed by atoms with Gasteiger partial charge in [-0.15, -0.1) is 0 Å². The molecule has 12 heavy (non-hydrogen) atoms. The molecule has 1 aliphatic rings. The molecule has 0 aromatic rings. The van der Waals surface area contributed by atoms with Crippen LogP contribution in [0.4, 0.5) is 0 Å². The first-order chi connectivity index (χ1) is 5.20. The second-order valence-corrected chi connectivity index (χ2v) is 6.73. The lowest BCUT2D eigenvalue weighted by molar-refractivity contribution is 0.284. The minimum Gasteiger partial charge on any atom is -0.0602 e. The fraction of sp³-hybridized carbons (Fsp3) is 1.00. The highest BCUT2D eigenvalue weighted by molar-refractivity contribution is 4.95. The molecule has 0 aliphatic heterocycles. The van der Waals surface area contributed by atoms with E-state index in [-0.39, 0.29) is 0 Å². The van der Waals surface area contributed by atoms with Crippen LogP contribution in [-0.4, -0.2) is 0 Å². The first-order valence-corrected chi connectivity index (χ1v) is 5.20. The molecule has 0 N–H and O–H groups in total. The Morgan fingerprint density at radius 1 is 1.00 bits per heavy atom. The molecule has 0 radical (unpaired) electrons. The Morgan fingerprint density at radius 2 is 1.50 bits per heavy atom. The van der Waals surface area contributed by atoms with Crippen LogP contribution in [0.1, 0.15) is 54.4 Å². The summed E-state index contributed by atoms with van der Waals surface area (Å²) < 4.78 is 0. The first kappa shape index (κ1) is 10.1. The molecule has 2 atom stereocenters. The largest absolute Gasteiger partial charge is 0.0602 e. The maximum absolute atomic E-state index is 2.38. The zero-order valence-corrected chi connectivity index (χ0v) is 9.57. The van der Waals surface area contributed by atoms with E-state index in [1.807, 2.05) is 0 Å². The molecule has 1 aliphatic carbocycles. The Balaban J connectivity index is 2.35. The maximum atomic E-state index is 2.38. The Kier molecular flexibility index (Phi) is 2.31. The standard InChI is InChI=1S/C12H24/c1-11(2,3)8-9-7-10(9)12(4,5)6/h9-10H,7-8H2,1-6H3. The van der Waals surface area contributed by atoms with Crippen LogP contribution in [0, 0.1) is 22.7 Å². The van der Waals surface area contributed by atoms with Gasteiger partial charge in [0.2, 0.25) is 0 Å². The minimum absolute atomic E-state index is 0.532. The average molecular weight is 168 g/mol. The molecule has 1 rings (SSSR count). The van der Waals surface area contributed by atoms with Gasteiger partial charge in [-0.3, -0.25) is 0 Å². The van der Waals surface area contributed by atoms with E-state index in [1.165, 1.54) is 12.8 Å². The third kappa shape index (κ3) is 2.80. The second-order valence-electron chi connectivity index (χ2n) is 6.73. The van der Waals surface area contributed by atoms with Crippen molar-refractivity contribution in [3.05, 3.63) is 0 Å². The molecule has 1 saturated carbocycles. The summed E-state index contributed by atoms with van der Waals surface area (Å²) in [5.41, 5.74) is 1.08. The summed E-state index contributed by atoms with van der Waals surface area (Å²) in [6.45, 7) is 14.2. The van der Waals surface area contributed by atoms with Gasteiger partial charge in [-0.25, -0.2) is 0 Å². The van der Waals surface area contributed by atoms with E-state index >= 15 is 0 Å². The molecule has 0 nitrogen and oxygen atoms in total. The number of rotatable bonds is 1. The van der Waals surface area contributed by atoms with E-state index in [0.717, 1.165) is 11.8 Å². The van der Waals surface area contributed by atoms with E-state index in [0.29, 0.717) is 10.8 Å². The third-order valence-electron chi connectivity index (χ3n) is 2.91. The van der Waals surface area contributed by atoms with Crippen molar-refractivity contribution in [1.29, 1.82) is 0 Å². The van der Waals surface area contributed by atoms with Gasteiger partial charge in [0.25, 0.3) is 0 Å². The van der Waals surface area contributed by atoms with Crippen molar-refractivity contribution in [1.82, 2.24) is 0 Å². The Bertz CT molecular complexity index is 154. The minimum atomic E-state index is 0.532. The summed E-state index contributed by atoms with van der Waals surface area (Å²) in [6.07, 6.45) is 2.88. The van der Waals surface area contributed by atoms with Crippen molar-refractivity contribution in [2.24, 2.45) is 22.7 Å². The van der Waals surface area contributed by atoms with Crippen LogP contribution in [-0.2, 0) is 0 Å². The number of hydrogen-bond acceptors (Lipinski definition) is 0. The SMILES string of the molecule is CC(C)(C)CC1CC1C(C)(C)C. The third-order valence-corrected chi connectivity index (χ3v) is 2.91. The van der Waals surface area contributed by atoms with Gasteiger partial charge in [-0.1, -0.05) is 41.5 Å². The Hall–Kier alpha value is 0. The van der Waals surface area contributed by atoms with Crippen molar-refractivity contribution in [3.8, 4) is 0 Å². The molecule has 0 saturated heterocycles. The molecule has 0 bridgehead atoms. The maximum Gasteiger partial charge on any atom is -0.0334 e. The fourth-order valence-corrected chi connectivity index (χ4v) is 2.32. The summed E-state index contributed by atoms with van der Waals surface area (Å²) >= 11 is 0. The highest BCUT2D eigenvalue weighted by Crippen LogP contribution is 2.54. The smallest absolute Gasteiger partial charge is 0.0334 e. The van der Waals surface area contributed by atoms with Gasteiger partial charge < -0.3 is 0 Å². The molecular formula is C12H24. The summed E-state index contributed by atoms with van der Waals surface area (Å²) in [7, 11) is 0. The normalized spacial score (nSPS) is 30.5. The van der Waals surface area contributed by atoms with Crippen LogP contribution in [0.15, 0.2) is 0 Å². The lowest BCUT2D eigenvalue weighted by Crippen LogP contribution is -2.12. The van der Waals surface area contributed by atoms with Gasteiger partial charge >= 0.3 is 0 Å². The van der Waals surface area contributed by atoms with Crippen LogP contribution in [0.25, 0.3) is 0 Å². The zero-order valence-electron chi connectivity index (χ0n) is 9.57. The molecule has 0 aromatic carbocycles. The van der Waals surface area contributed by atoms with Gasteiger partial charge in [0.15, 0.2) is 0 Å². The van der Waals surface area contributed by atoms with Crippen LogP contribution in [0.3, 0.4) is 0 Å². The highest BCUT2D eigenvalue weighted by atomic mass is 14.5. The molecule has 0 spiro atoms. The van der Waals surface area contributed by atoms with Crippen molar-refractivity contribution in [2.45, 2.75) is 54.4 Å². The molecular weight excluding hydrogens is 144 g/mol. The molecule has 0 heterocycles. The quantitative estimate of drug-likeness (QED) is 0.553. The van der Waals surface area contributed by atoms with Gasteiger partial charge in [-0.2, -0.15) is 0 Å². The van der Waals surface area contributed by atoms with Crippen molar-refractivity contribution in [2.75, 3.05) is 0 Å². The van der Waals surface area contributed by atoms with E-state index in [9.17, 15) is 0 Å².